The number of benzene rings is 1. The van der Waals surface area contributed by atoms with Gasteiger partial charge in [0.1, 0.15) is 5.75 Å². The molecule has 0 fully saturated rings. The van der Waals surface area contributed by atoms with Crippen LogP contribution in [0.15, 0.2) is 36.7 Å². The first-order chi connectivity index (χ1) is 8.18. The zero-order chi connectivity index (χ0) is 12.3. The van der Waals surface area contributed by atoms with Gasteiger partial charge in [0.05, 0.1) is 6.20 Å². The van der Waals surface area contributed by atoms with Crippen molar-refractivity contribution < 1.29 is 14.6 Å². The third-order valence-electron chi connectivity index (χ3n) is 2.35. The van der Waals surface area contributed by atoms with Gasteiger partial charge in [-0.1, -0.05) is 18.2 Å². The molecule has 0 saturated heterocycles. The van der Waals surface area contributed by atoms with Crippen molar-refractivity contribution in [2.75, 3.05) is 0 Å². The molecule has 1 heterocycles. The Morgan fingerprint density at radius 1 is 1.47 bits per heavy atom. The van der Waals surface area contributed by atoms with Gasteiger partial charge in [0.2, 0.25) is 0 Å². The van der Waals surface area contributed by atoms with E-state index in [0.29, 0.717) is 5.75 Å². The number of H-pyrrole nitrogens is 1. The second kappa shape index (κ2) is 4.69. The number of nitrogens with zero attached hydrogens (tertiary/aromatic N) is 1. The maximum Gasteiger partial charge on any atom is 0.344 e. The summed E-state index contributed by atoms with van der Waals surface area (Å²) in [5.74, 6) is -0.462. The monoisotopic (exact) mass is 232 g/mol. The number of para-hydroxylation sites is 1. The number of aromatic amines is 1. The molecule has 0 bridgehead atoms. The lowest BCUT2D eigenvalue weighted by molar-refractivity contribution is -0.144. The molecule has 0 aliphatic heterocycles. The lowest BCUT2D eigenvalue weighted by Gasteiger charge is -2.13. The van der Waals surface area contributed by atoms with E-state index in [1.165, 1.54) is 6.92 Å². The molecule has 5 heteroatoms. The largest absolute Gasteiger partial charge is 0.479 e. The summed E-state index contributed by atoms with van der Waals surface area (Å²) in [6.45, 7) is 1.49. The van der Waals surface area contributed by atoms with Gasteiger partial charge in [-0.25, -0.2) is 4.79 Å². The van der Waals surface area contributed by atoms with Gasteiger partial charge < -0.3 is 9.84 Å². The first kappa shape index (κ1) is 11.2. The maximum absolute atomic E-state index is 10.8. The predicted molar refractivity (Wildman–Crippen MR) is 61.7 cm³/mol. The number of hydrogen-bond donors (Lipinski definition) is 2. The summed E-state index contributed by atoms with van der Waals surface area (Å²) in [5.41, 5.74) is 1.67. The third-order valence-corrected chi connectivity index (χ3v) is 2.35. The normalized spacial score (nSPS) is 12.1. The molecule has 1 atom stereocenters. The highest BCUT2D eigenvalue weighted by Gasteiger charge is 2.15. The Kier molecular flexibility index (Phi) is 3.09. The fraction of sp³-hybridized carbons (Fsp3) is 0.167. The summed E-state index contributed by atoms with van der Waals surface area (Å²) in [7, 11) is 0. The molecule has 0 unspecified atom stereocenters. The van der Waals surface area contributed by atoms with Gasteiger partial charge in [0.15, 0.2) is 6.10 Å². The maximum atomic E-state index is 10.8. The number of carbonyl (C=O) groups is 1. The van der Waals surface area contributed by atoms with Crippen LogP contribution in [0.4, 0.5) is 0 Å². The molecule has 2 N–H and O–H groups in total. The number of carboxylic acid groups (broad SMARTS) is 1. The molecule has 17 heavy (non-hydrogen) atoms. The van der Waals surface area contributed by atoms with E-state index in [9.17, 15) is 4.79 Å². The van der Waals surface area contributed by atoms with Crippen molar-refractivity contribution in [2.24, 2.45) is 0 Å². The molecule has 0 aliphatic rings. The molecular weight excluding hydrogens is 220 g/mol. The van der Waals surface area contributed by atoms with Gasteiger partial charge in [-0.15, -0.1) is 0 Å². The van der Waals surface area contributed by atoms with E-state index in [2.05, 4.69) is 10.2 Å². The molecule has 2 aromatic rings. The van der Waals surface area contributed by atoms with Crippen molar-refractivity contribution in [1.29, 1.82) is 0 Å². The Labute approximate surface area is 98.0 Å². The quantitative estimate of drug-likeness (QED) is 0.844. The first-order valence-electron chi connectivity index (χ1n) is 5.16. The van der Waals surface area contributed by atoms with Gasteiger partial charge in [0.25, 0.3) is 0 Å². The zero-order valence-corrected chi connectivity index (χ0v) is 9.25. The van der Waals surface area contributed by atoms with Crippen LogP contribution in [-0.2, 0) is 4.79 Å². The highest BCUT2D eigenvalue weighted by molar-refractivity contribution is 5.74. The minimum atomic E-state index is -0.994. The van der Waals surface area contributed by atoms with Crippen LogP contribution >= 0.6 is 0 Å². The van der Waals surface area contributed by atoms with E-state index >= 15 is 0 Å². The van der Waals surface area contributed by atoms with Crippen LogP contribution in [0.1, 0.15) is 6.92 Å². The van der Waals surface area contributed by atoms with Crippen LogP contribution in [0.2, 0.25) is 0 Å². The number of aromatic nitrogens is 2. The summed E-state index contributed by atoms with van der Waals surface area (Å²) < 4.78 is 5.39. The van der Waals surface area contributed by atoms with E-state index in [1.54, 1.807) is 24.5 Å². The van der Waals surface area contributed by atoms with E-state index in [-0.39, 0.29) is 0 Å². The fourth-order valence-corrected chi connectivity index (χ4v) is 1.45. The number of hydrogen-bond acceptors (Lipinski definition) is 3. The molecule has 1 aromatic carbocycles. The Morgan fingerprint density at radius 2 is 2.24 bits per heavy atom. The Morgan fingerprint density at radius 3 is 2.88 bits per heavy atom. The Bertz CT molecular complexity index is 508. The molecular formula is C12H12N2O3. The summed E-state index contributed by atoms with van der Waals surface area (Å²) in [4.78, 5) is 10.8. The lowest BCUT2D eigenvalue weighted by Crippen LogP contribution is -2.23. The van der Waals surface area contributed by atoms with Gasteiger partial charge in [0, 0.05) is 17.3 Å². The fourth-order valence-electron chi connectivity index (χ4n) is 1.45. The lowest BCUT2D eigenvalue weighted by atomic mass is 10.1. The van der Waals surface area contributed by atoms with Crippen molar-refractivity contribution in [2.45, 2.75) is 13.0 Å². The average Bonchev–Trinajstić information content (AvgIpc) is 2.83. The number of nitrogens with one attached hydrogen (secondary N) is 1. The van der Waals surface area contributed by atoms with E-state index in [0.717, 1.165) is 11.1 Å². The zero-order valence-electron chi connectivity index (χ0n) is 9.25. The van der Waals surface area contributed by atoms with Crippen LogP contribution in [0.25, 0.3) is 11.1 Å². The van der Waals surface area contributed by atoms with E-state index < -0.39 is 12.1 Å². The highest BCUT2D eigenvalue weighted by atomic mass is 16.5. The molecule has 0 saturated carbocycles. The van der Waals surface area contributed by atoms with Gasteiger partial charge >= 0.3 is 5.97 Å². The summed E-state index contributed by atoms with van der Waals surface area (Å²) in [6.07, 6.45) is 2.50. The SMILES string of the molecule is C[C@H](Oc1ccccc1-c1cn[nH]c1)C(=O)O. The summed E-state index contributed by atoms with van der Waals surface area (Å²) >= 11 is 0. The molecule has 2 rings (SSSR count). The first-order valence-corrected chi connectivity index (χ1v) is 5.16. The van der Waals surface area contributed by atoms with Crippen molar-refractivity contribution in [3.8, 4) is 16.9 Å². The minimum absolute atomic E-state index is 0.531. The van der Waals surface area contributed by atoms with Crippen molar-refractivity contribution in [3.63, 3.8) is 0 Å². The predicted octanol–water partition coefficient (Wildman–Crippen LogP) is 1.93. The van der Waals surface area contributed by atoms with Crippen LogP contribution in [0.3, 0.4) is 0 Å². The average molecular weight is 232 g/mol. The molecule has 5 nitrogen and oxygen atoms in total. The van der Waals surface area contributed by atoms with Crippen LogP contribution < -0.4 is 4.74 Å². The highest BCUT2D eigenvalue weighted by Crippen LogP contribution is 2.29. The molecule has 1 aromatic heterocycles. The van der Waals surface area contributed by atoms with Crippen LogP contribution in [0, 0.1) is 0 Å². The number of ether oxygens (including phenoxy) is 1. The molecule has 0 amide bonds. The number of carboxylic acids is 1. The Hall–Kier alpha value is -2.30. The molecule has 0 aliphatic carbocycles. The van der Waals surface area contributed by atoms with Crippen LogP contribution in [0.5, 0.6) is 5.75 Å². The van der Waals surface area contributed by atoms with Gasteiger partial charge in [-0.3, -0.25) is 5.10 Å². The van der Waals surface area contributed by atoms with Crippen molar-refractivity contribution in [3.05, 3.63) is 36.7 Å². The molecule has 88 valence electrons. The smallest absolute Gasteiger partial charge is 0.344 e. The second-order valence-electron chi connectivity index (χ2n) is 3.58. The van der Waals surface area contributed by atoms with E-state index in [4.69, 9.17) is 9.84 Å². The van der Waals surface area contributed by atoms with Crippen LogP contribution in [-0.4, -0.2) is 27.4 Å². The summed E-state index contributed by atoms with van der Waals surface area (Å²) in [5, 5.41) is 15.4. The van der Waals surface area contributed by atoms with Gasteiger partial charge in [-0.05, 0) is 13.0 Å². The minimum Gasteiger partial charge on any atom is -0.479 e. The van der Waals surface area contributed by atoms with E-state index in [1.807, 2.05) is 12.1 Å². The molecule has 0 radical (unpaired) electrons. The number of aliphatic carboxylic acids is 1. The van der Waals surface area contributed by atoms with Gasteiger partial charge in [-0.2, -0.15) is 5.10 Å². The molecule has 0 spiro atoms. The third kappa shape index (κ3) is 2.44. The number of rotatable bonds is 4. The second-order valence-corrected chi connectivity index (χ2v) is 3.58. The Balaban J connectivity index is 2.32. The topological polar surface area (TPSA) is 75.2 Å². The standard InChI is InChI=1S/C12H12N2O3/c1-8(12(15)16)17-11-5-3-2-4-10(11)9-6-13-14-7-9/h2-8H,1H3,(H,13,14)(H,15,16)/t8-/m0/s1. The summed E-state index contributed by atoms with van der Waals surface area (Å²) in [6, 6.07) is 7.25. The van der Waals surface area contributed by atoms with Crippen molar-refractivity contribution >= 4 is 5.97 Å². The van der Waals surface area contributed by atoms with Crippen molar-refractivity contribution in [1.82, 2.24) is 10.2 Å².